The number of fused-ring (bicyclic) bond motifs is 6. The van der Waals surface area contributed by atoms with Gasteiger partial charge in [0.05, 0.1) is 5.41 Å². The van der Waals surface area contributed by atoms with Crippen LogP contribution in [0.4, 0.5) is 0 Å². The zero-order valence-corrected chi connectivity index (χ0v) is 31.8. The van der Waals surface area contributed by atoms with Crippen LogP contribution in [0.3, 0.4) is 0 Å². The summed E-state index contributed by atoms with van der Waals surface area (Å²) in [6.07, 6.45) is 20.0. The summed E-state index contributed by atoms with van der Waals surface area (Å²) in [5, 5.41) is 7.20. The first kappa shape index (κ1) is 35.6. The van der Waals surface area contributed by atoms with Gasteiger partial charge >= 0.3 is 0 Å². The van der Waals surface area contributed by atoms with Gasteiger partial charge in [0.1, 0.15) is 5.54 Å². The maximum Gasteiger partial charge on any atom is 0.178 e. The molecule has 3 aliphatic rings. The lowest BCUT2D eigenvalue weighted by Crippen LogP contribution is -2.29. The van der Waals surface area contributed by atoms with Gasteiger partial charge in [-0.25, -0.2) is 0 Å². The third-order valence-corrected chi connectivity index (χ3v) is 11.2. The third-order valence-electron chi connectivity index (χ3n) is 11.2. The summed E-state index contributed by atoms with van der Waals surface area (Å²) >= 11 is 0. The molecule has 5 nitrogen and oxygen atoms in total. The highest BCUT2D eigenvalue weighted by Gasteiger charge is 2.49. The summed E-state index contributed by atoms with van der Waals surface area (Å²) < 4.78 is 13.6. The fourth-order valence-electron chi connectivity index (χ4n) is 8.52. The molecule has 2 atom stereocenters. The van der Waals surface area contributed by atoms with Gasteiger partial charge in [-0.15, -0.1) is 0 Å². The Kier molecular flexibility index (Phi) is 9.49. The summed E-state index contributed by atoms with van der Waals surface area (Å²) in [6.45, 7) is 5.49. The minimum Gasteiger partial charge on any atom is -0.449 e. The van der Waals surface area contributed by atoms with E-state index in [0.29, 0.717) is 17.2 Å². The van der Waals surface area contributed by atoms with Gasteiger partial charge in [0.25, 0.3) is 0 Å². The van der Waals surface area contributed by atoms with Crippen molar-refractivity contribution in [2.75, 3.05) is 0 Å². The zero-order valence-electron chi connectivity index (χ0n) is 31.8. The lowest BCUT2D eigenvalue weighted by molar-refractivity contribution is 0.360. The van der Waals surface area contributed by atoms with E-state index in [1.807, 2.05) is 36.6 Å². The molecule has 0 saturated carbocycles. The Bertz CT molecular complexity index is 2650. The molecule has 0 amide bonds. The fraction of sp³-hybridized carbons (Fsp3) is 0.0962. The molecule has 0 fully saturated rings. The van der Waals surface area contributed by atoms with Crippen molar-refractivity contribution < 1.29 is 9.47 Å². The van der Waals surface area contributed by atoms with E-state index < -0.39 is 11.0 Å². The first-order valence-corrected chi connectivity index (χ1v) is 19.3. The van der Waals surface area contributed by atoms with Gasteiger partial charge in [0.15, 0.2) is 23.0 Å². The molecule has 1 aliphatic heterocycles. The quantitative estimate of drug-likeness (QED) is 0.0797. The summed E-state index contributed by atoms with van der Waals surface area (Å²) in [7, 11) is 0. The van der Waals surface area contributed by atoms with Crippen LogP contribution in [0.25, 0.3) is 22.3 Å². The Balaban J connectivity index is 1.04. The summed E-state index contributed by atoms with van der Waals surface area (Å²) in [6, 6.07) is 49.2. The molecule has 2 unspecified atom stereocenters. The average Bonchev–Trinajstić information content (AvgIpc) is 3.59. The van der Waals surface area contributed by atoms with Crippen molar-refractivity contribution in [1.29, 1.82) is 0 Å². The highest BCUT2D eigenvalue weighted by molar-refractivity contribution is 5.92. The maximum absolute atomic E-state index is 6.88. The monoisotopic (exact) mass is 739 g/mol. The molecule has 57 heavy (non-hydrogen) atoms. The first-order chi connectivity index (χ1) is 28.1. The molecule has 5 heteroatoms. The minimum atomic E-state index is -0.598. The van der Waals surface area contributed by atoms with E-state index >= 15 is 0 Å². The smallest absolute Gasteiger partial charge is 0.178 e. The van der Waals surface area contributed by atoms with Gasteiger partial charge in [0.2, 0.25) is 0 Å². The number of rotatable bonds is 10. The third kappa shape index (κ3) is 6.27. The molecule has 1 heterocycles. The Morgan fingerprint density at radius 2 is 1.33 bits per heavy atom. The Morgan fingerprint density at radius 1 is 0.632 bits per heavy atom. The maximum atomic E-state index is 6.88. The molecule has 0 aromatic heterocycles. The van der Waals surface area contributed by atoms with Gasteiger partial charge in [-0.1, -0.05) is 152 Å². The van der Waals surface area contributed by atoms with Crippen molar-refractivity contribution in [3.05, 3.63) is 215 Å². The minimum absolute atomic E-state index is 0.465. The van der Waals surface area contributed by atoms with Crippen molar-refractivity contribution in [1.82, 2.24) is 0 Å². The van der Waals surface area contributed by atoms with E-state index in [1.54, 1.807) is 12.3 Å². The summed E-state index contributed by atoms with van der Waals surface area (Å²) in [5.41, 5.74) is 10.5. The van der Waals surface area contributed by atoms with Crippen LogP contribution >= 0.6 is 0 Å². The molecule has 276 valence electrons. The predicted molar refractivity (Wildman–Crippen MR) is 234 cm³/mol. The van der Waals surface area contributed by atoms with Gasteiger partial charge in [-0.2, -0.15) is 10.2 Å². The SMILES string of the molecule is C=N\N=C/C=C\C=C\C=NC(C)(c1ccccc1)c1ccc(-c2ccc3c(c2)Oc2ccc4c(c2O3)-c2ccccc2C4(C2=CCCC=C2)c2ccccc2)cc1. The second-order valence-electron chi connectivity index (χ2n) is 14.5. The lowest BCUT2D eigenvalue weighted by Gasteiger charge is -2.36. The van der Waals surface area contributed by atoms with Crippen LogP contribution in [0, 0.1) is 0 Å². The highest BCUT2D eigenvalue weighted by atomic mass is 16.6. The number of nitrogens with zero attached hydrogens (tertiary/aromatic N) is 3. The van der Waals surface area contributed by atoms with E-state index in [9.17, 15) is 0 Å². The number of hydrogen-bond donors (Lipinski definition) is 0. The molecular weight excluding hydrogens is 699 g/mol. The highest BCUT2D eigenvalue weighted by Crippen LogP contribution is 2.62. The van der Waals surface area contributed by atoms with Gasteiger partial charge < -0.3 is 9.47 Å². The topological polar surface area (TPSA) is 55.5 Å². The second-order valence-corrected chi connectivity index (χ2v) is 14.5. The normalized spacial score (nSPS) is 17.7. The Labute approximate surface area is 334 Å². The molecular formula is C52H41N3O2. The second kappa shape index (κ2) is 15.2. The Morgan fingerprint density at radius 3 is 2.11 bits per heavy atom. The molecule has 0 radical (unpaired) electrons. The first-order valence-electron chi connectivity index (χ1n) is 19.3. The van der Waals surface area contributed by atoms with Gasteiger partial charge in [-0.3, -0.25) is 4.99 Å². The Hall–Kier alpha value is -7.11. The predicted octanol–water partition coefficient (Wildman–Crippen LogP) is 13.0. The molecule has 0 spiro atoms. The van der Waals surface area contributed by atoms with E-state index in [2.05, 4.69) is 169 Å². The standard InChI is InChI=1S/C52H41N3O2/c1-51(39-18-8-5-9-19-39,54-34-16-3-4-17-35-55-53-2)40-29-26-37(27-30-40)38-28-32-46-48(36-38)56-47-33-31-45-49(50(47)57-46)43-24-14-15-25-44(43)52(45,41-20-10-6-11-21-41)42-22-12-7-13-23-42/h3-6,8-12,14-36H,2,7,13H2,1H3/b16-3+,17-4-,54-34?,55-35-. The van der Waals surface area contributed by atoms with Gasteiger partial charge in [0, 0.05) is 24.7 Å². The number of benzene rings is 6. The van der Waals surface area contributed by atoms with Crippen LogP contribution in [-0.2, 0) is 11.0 Å². The fourth-order valence-corrected chi connectivity index (χ4v) is 8.52. The van der Waals surface area contributed by atoms with Crippen LogP contribution in [-0.4, -0.2) is 19.1 Å². The van der Waals surface area contributed by atoms with Crippen LogP contribution in [0.2, 0.25) is 0 Å². The molecule has 2 aliphatic carbocycles. The van der Waals surface area contributed by atoms with E-state index in [-0.39, 0.29) is 0 Å². The number of ether oxygens (including phenoxy) is 2. The summed E-state index contributed by atoms with van der Waals surface area (Å²) in [4.78, 5) is 5.05. The lowest BCUT2D eigenvalue weighted by atomic mass is 9.66. The number of hydrogen-bond acceptors (Lipinski definition) is 5. The van der Waals surface area contributed by atoms with Crippen molar-refractivity contribution >= 4 is 19.1 Å². The zero-order chi connectivity index (χ0) is 38.7. The van der Waals surface area contributed by atoms with Crippen molar-refractivity contribution in [3.63, 3.8) is 0 Å². The van der Waals surface area contributed by atoms with E-state index in [1.165, 1.54) is 27.8 Å². The van der Waals surface area contributed by atoms with Crippen molar-refractivity contribution in [2.24, 2.45) is 15.2 Å². The average molecular weight is 740 g/mol. The summed E-state index contributed by atoms with van der Waals surface area (Å²) in [5.74, 6) is 2.85. The van der Waals surface area contributed by atoms with Gasteiger partial charge in [-0.05, 0) is 100 Å². The molecule has 6 aromatic carbocycles. The van der Waals surface area contributed by atoms with E-state index in [4.69, 9.17) is 14.5 Å². The van der Waals surface area contributed by atoms with Crippen LogP contribution in [0.1, 0.15) is 47.6 Å². The number of allylic oxidation sites excluding steroid dienone is 8. The largest absolute Gasteiger partial charge is 0.449 e. The van der Waals surface area contributed by atoms with E-state index in [0.717, 1.165) is 46.4 Å². The van der Waals surface area contributed by atoms with Crippen LogP contribution < -0.4 is 9.47 Å². The molecule has 6 aromatic rings. The molecule has 0 N–H and O–H groups in total. The van der Waals surface area contributed by atoms with Crippen LogP contribution in [0.15, 0.2) is 203 Å². The van der Waals surface area contributed by atoms with Crippen LogP contribution in [0.5, 0.6) is 23.0 Å². The van der Waals surface area contributed by atoms with Crippen molar-refractivity contribution in [3.8, 4) is 45.3 Å². The number of aliphatic imine (C=N–C) groups is 1. The van der Waals surface area contributed by atoms with Crippen molar-refractivity contribution in [2.45, 2.75) is 30.7 Å². The molecule has 0 saturated heterocycles. The molecule has 9 rings (SSSR count). The molecule has 0 bridgehead atoms.